The highest BCUT2D eigenvalue weighted by Gasteiger charge is 2.12. The van der Waals surface area contributed by atoms with Crippen molar-refractivity contribution in [3.63, 3.8) is 0 Å². The summed E-state index contributed by atoms with van der Waals surface area (Å²) in [6.45, 7) is 4.58. The predicted octanol–water partition coefficient (Wildman–Crippen LogP) is 7.92. The van der Waals surface area contributed by atoms with Crippen molar-refractivity contribution in [2.75, 3.05) is 0 Å². The molecule has 0 atom stereocenters. The number of furan rings is 1. The van der Waals surface area contributed by atoms with Gasteiger partial charge in [0.15, 0.2) is 5.76 Å². The van der Waals surface area contributed by atoms with E-state index < -0.39 is 5.91 Å². The minimum atomic E-state index is -0.505. The Labute approximate surface area is 247 Å². The summed E-state index contributed by atoms with van der Waals surface area (Å²) in [6.07, 6.45) is 1.46. The topological polar surface area (TPSA) is 78.0 Å². The monoisotopic (exact) mass is 587 g/mol. The third-order valence-corrected chi connectivity index (χ3v) is 6.92. The molecule has 0 aliphatic rings. The second-order valence-corrected chi connectivity index (χ2v) is 10.1. The zero-order chi connectivity index (χ0) is 28.8. The summed E-state index contributed by atoms with van der Waals surface area (Å²) >= 11 is 12.4. The lowest BCUT2D eigenvalue weighted by Crippen LogP contribution is -2.16. The molecule has 0 aliphatic carbocycles. The molecule has 0 saturated carbocycles. The number of amides is 1. The summed E-state index contributed by atoms with van der Waals surface area (Å²) in [6, 6.07) is 27.8. The number of halogens is 2. The van der Waals surface area contributed by atoms with Crippen molar-refractivity contribution in [2.45, 2.75) is 27.1 Å². The Morgan fingerprint density at radius 2 is 1.66 bits per heavy atom. The van der Waals surface area contributed by atoms with Crippen LogP contribution in [0.3, 0.4) is 0 Å². The van der Waals surface area contributed by atoms with Crippen LogP contribution in [-0.4, -0.2) is 16.7 Å². The van der Waals surface area contributed by atoms with Crippen LogP contribution in [0.15, 0.2) is 101 Å². The van der Waals surface area contributed by atoms with E-state index in [1.54, 1.807) is 36.4 Å². The molecule has 0 radical (unpaired) electrons. The van der Waals surface area contributed by atoms with Crippen molar-refractivity contribution in [3.8, 4) is 17.2 Å². The average Bonchev–Trinajstić information content (AvgIpc) is 3.58. The number of carbonyl (C=O) groups excluding carboxylic acids is 1. The highest BCUT2D eigenvalue weighted by Crippen LogP contribution is 2.24. The van der Waals surface area contributed by atoms with E-state index in [4.69, 9.17) is 37.1 Å². The Kier molecular flexibility index (Phi) is 8.77. The van der Waals surface area contributed by atoms with Gasteiger partial charge in [0.25, 0.3) is 0 Å². The van der Waals surface area contributed by atoms with Gasteiger partial charge in [-0.1, -0.05) is 41.4 Å². The number of ether oxygens (including phenoxy) is 2. The number of rotatable bonds is 10. The van der Waals surface area contributed by atoms with Gasteiger partial charge in [-0.3, -0.25) is 4.79 Å². The molecule has 208 valence electrons. The second-order valence-electron chi connectivity index (χ2n) is 9.26. The molecular formula is C32H27Cl2N3O4. The fourth-order valence-electron chi connectivity index (χ4n) is 4.24. The van der Waals surface area contributed by atoms with Crippen LogP contribution in [0.2, 0.25) is 10.0 Å². The molecule has 3 aromatic carbocycles. The number of aromatic nitrogens is 1. The molecular weight excluding hydrogens is 561 g/mol. The maximum Gasteiger partial charge on any atom is 0.307 e. The van der Waals surface area contributed by atoms with E-state index in [0.29, 0.717) is 32.9 Å². The standard InChI is InChI=1S/C32H27Cl2N3O4/c1-21-7-8-22(2)37(21)26-10-12-27(13-11-26)39-20-28-14-16-31(41-28)32(38)36-35-18-24-17-25(33)9-15-30(24)40-19-23-5-3-4-6-29(23)34/h3-18H,19-20H2,1-2H3,(H,36,38)/b35-18+. The van der Waals surface area contributed by atoms with Gasteiger partial charge in [-0.05, 0) is 86.6 Å². The van der Waals surface area contributed by atoms with Crippen LogP contribution in [0.5, 0.6) is 11.5 Å². The molecule has 0 unspecified atom stereocenters. The molecule has 0 saturated heterocycles. The van der Waals surface area contributed by atoms with Gasteiger partial charge in [0.05, 0.1) is 6.21 Å². The summed E-state index contributed by atoms with van der Waals surface area (Å²) in [5, 5.41) is 5.17. The van der Waals surface area contributed by atoms with Crippen molar-refractivity contribution in [1.29, 1.82) is 0 Å². The summed E-state index contributed by atoms with van der Waals surface area (Å²) in [5.74, 6) is 1.34. The molecule has 0 bridgehead atoms. The SMILES string of the molecule is Cc1ccc(C)n1-c1ccc(OCc2ccc(C(=O)N/N=C/c3cc(Cl)ccc3OCc3ccccc3Cl)o2)cc1. The van der Waals surface area contributed by atoms with Crippen LogP contribution < -0.4 is 14.9 Å². The molecule has 1 N–H and O–H groups in total. The lowest BCUT2D eigenvalue weighted by Gasteiger charge is -2.10. The number of nitrogens with one attached hydrogen (secondary N) is 1. The number of hydrogen-bond donors (Lipinski definition) is 1. The van der Waals surface area contributed by atoms with E-state index in [2.05, 4.69) is 41.1 Å². The molecule has 1 amide bonds. The Morgan fingerprint density at radius 1 is 0.902 bits per heavy atom. The van der Waals surface area contributed by atoms with Gasteiger partial charge in [-0.15, -0.1) is 0 Å². The lowest BCUT2D eigenvalue weighted by molar-refractivity contribution is 0.0923. The zero-order valence-corrected chi connectivity index (χ0v) is 23.9. The van der Waals surface area contributed by atoms with E-state index in [1.165, 1.54) is 6.21 Å². The largest absolute Gasteiger partial charge is 0.488 e. The number of benzene rings is 3. The lowest BCUT2D eigenvalue weighted by atomic mass is 10.2. The highest BCUT2D eigenvalue weighted by molar-refractivity contribution is 6.31. The van der Waals surface area contributed by atoms with Gasteiger partial charge in [0.2, 0.25) is 0 Å². The summed E-state index contributed by atoms with van der Waals surface area (Å²) < 4.78 is 19.6. The molecule has 0 aliphatic heterocycles. The van der Waals surface area contributed by atoms with Crippen LogP contribution >= 0.6 is 23.2 Å². The van der Waals surface area contributed by atoms with Gasteiger partial charge >= 0.3 is 5.91 Å². The number of nitrogens with zero attached hydrogens (tertiary/aromatic N) is 2. The molecule has 9 heteroatoms. The van der Waals surface area contributed by atoms with Gasteiger partial charge in [0, 0.05) is 38.2 Å². The fourth-order valence-corrected chi connectivity index (χ4v) is 4.61. The number of hydrazone groups is 1. The van der Waals surface area contributed by atoms with Gasteiger partial charge in [0.1, 0.15) is 30.5 Å². The molecule has 5 aromatic rings. The fraction of sp³-hybridized carbons (Fsp3) is 0.125. The Balaban J connectivity index is 1.16. The third-order valence-electron chi connectivity index (χ3n) is 6.32. The number of hydrogen-bond acceptors (Lipinski definition) is 5. The third kappa shape index (κ3) is 7.01. The molecule has 2 aromatic heterocycles. The summed E-state index contributed by atoms with van der Waals surface area (Å²) in [7, 11) is 0. The van der Waals surface area contributed by atoms with E-state index >= 15 is 0 Å². The smallest absolute Gasteiger partial charge is 0.307 e. The molecule has 5 rings (SSSR count). The Bertz CT molecular complexity index is 1670. The van der Waals surface area contributed by atoms with Crippen LogP contribution in [-0.2, 0) is 13.2 Å². The molecule has 41 heavy (non-hydrogen) atoms. The molecule has 0 spiro atoms. The van der Waals surface area contributed by atoms with Crippen LogP contribution in [0.1, 0.15) is 38.8 Å². The first-order chi connectivity index (χ1) is 19.9. The van der Waals surface area contributed by atoms with Gasteiger partial charge in [-0.25, -0.2) is 5.43 Å². The number of carbonyl (C=O) groups is 1. The van der Waals surface area contributed by atoms with Crippen LogP contribution in [0.4, 0.5) is 0 Å². The maximum absolute atomic E-state index is 12.6. The molecule has 7 nitrogen and oxygen atoms in total. The van der Waals surface area contributed by atoms with Crippen molar-refractivity contribution in [1.82, 2.24) is 9.99 Å². The van der Waals surface area contributed by atoms with Crippen LogP contribution in [0.25, 0.3) is 5.69 Å². The highest BCUT2D eigenvalue weighted by atomic mass is 35.5. The van der Waals surface area contributed by atoms with Crippen molar-refractivity contribution in [2.24, 2.45) is 5.10 Å². The summed E-state index contributed by atoms with van der Waals surface area (Å²) in [5.41, 5.74) is 7.29. The first-order valence-corrected chi connectivity index (χ1v) is 13.6. The summed E-state index contributed by atoms with van der Waals surface area (Å²) in [4.78, 5) is 12.6. The van der Waals surface area contributed by atoms with Crippen LogP contribution in [0, 0.1) is 13.8 Å². The first kappa shape index (κ1) is 28.1. The van der Waals surface area contributed by atoms with E-state index in [0.717, 1.165) is 22.6 Å². The van der Waals surface area contributed by atoms with Gasteiger partial charge < -0.3 is 18.5 Å². The molecule has 2 heterocycles. The van der Waals surface area contributed by atoms with E-state index in [9.17, 15) is 4.79 Å². The predicted molar refractivity (Wildman–Crippen MR) is 161 cm³/mol. The van der Waals surface area contributed by atoms with Crippen molar-refractivity contribution >= 4 is 35.3 Å². The minimum Gasteiger partial charge on any atom is -0.488 e. The second kappa shape index (κ2) is 12.8. The van der Waals surface area contributed by atoms with Crippen molar-refractivity contribution < 1.29 is 18.7 Å². The maximum atomic E-state index is 12.6. The van der Waals surface area contributed by atoms with E-state index in [-0.39, 0.29) is 19.0 Å². The van der Waals surface area contributed by atoms with E-state index in [1.807, 2.05) is 42.5 Å². The number of aryl methyl sites for hydroxylation is 2. The molecule has 0 fully saturated rings. The zero-order valence-electron chi connectivity index (χ0n) is 22.4. The first-order valence-electron chi connectivity index (χ1n) is 12.8. The quantitative estimate of drug-likeness (QED) is 0.133. The Morgan fingerprint density at radius 3 is 2.41 bits per heavy atom. The van der Waals surface area contributed by atoms with Crippen molar-refractivity contribution in [3.05, 3.63) is 135 Å². The Hall–Kier alpha value is -4.46. The minimum absolute atomic E-state index is 0.107. The average molecular weight is 588 g/mol. The normalized spacial score (nSPS) is 11.1. The van der Waals surface area contributed by atoms with Gasteiger partial charge in [-0.2, -0.15) is 5.10 Å².